The summed E-state index contributed by atoms with van der Waals surface area (Å²) in [6.07, 6.45) is -0.405. The molecule has 1 N–H and O–H groups in total. The fourth-order valence-corrected chi connectivity index (χ4v) is 2.00. The minimum Gasteiger partial charge on any atom is -0.392 e. The molecule has 0 radical (unpaired) electrons. The average Bonchev–Trinajstić information content (AvgIpc) is 2.25. The maximum absolute atomic E-state index is 9.49. The Labute approximate surface area is 75.6 Å². The second-order valence-corrected chi connectivity index (χ2v) is 3.65. The number of fused-ring (bicyclic) bond motifs is 1. The first-order chi connectivity index (χ1) is 5.58. The lowest BCUT2D eigenvalue weighted by molar-refractivity contribution is 0.187. The summed E-state index contributed by atoms with van der Waals surface area (Å²) in [5.74, 6) is 0. The van der Waals surface area contributed by atoms with Crippen LogP contribution in [0.4, 0.5) is 0 Å². The van der Waals surface area contributed by atoms with Crippen molar-refractivity contribution in [2.45, 2.75) is 18.9 Å². The highest BCUT2D eigenvalue weighted by atomic mass is 79.9. The molecule has 1 aliphatic rings. The van der Waals surface area contributed by atoms with Crippen LogP contribution in [0.25, 0.3) is 0 Å². The monoisotopic (exact) mass is 213 g/mol. The van der Waals surface area contributed by atoms with E-state index in [9.17, 15) is 5.11 Å². The minimum atomic E-state index is -1.29. The Kier molecular flexibility index (Phi) is 1.47. The molecule has 0 amide bonds. The molecule has 1 atom stereocenters. The smallest absolute Gasteiger partial charge is 0.0621 e. The third-order valence-corrected chi connectivity index (χ3v) is 2.73. The third kappa shape index (κ3) is 1.21. The normalized spacial score (nSPS) is 29.8. The molecule has 1 aromatic carbocycles. The second-order valence-electron chi connectivity index (χ2n) is 2.80. The van der Waals surface area contributed by atoms with Crippen LogP contribution in [0.15, 0.2) is 22.7 Å². The molecule has 1 aromatic rings. The van der Waals surface area contributed by atoms with E-state index in [1.165, 1.54) is 0 Å². The van der Waals surface area contributed by atoms with Crippen LogP contribution in [-0.2, 0) is 12.8 Å². The first kappa shape index (κ1) is 6.21. The molecule has 0 saturated carbocycles. The molecule has 0 heterocycles. The van der Waals surface area contributed by atoms with E-state index in [1.807, 2.05) is 18.2 Å². The van der Waals surface area contributed by atoms with Crippen LogP contribution in [-0.4, -0.2) is 11.2 Å². The van der Waals surface area contributed by atoms with E-state index in [-0.39, 0.29) is 0 Å². The van der Waals surface area contributed by atoms with E-state index in [1.54, 1.807) is 0 Å². The van der Waals surface area contributed by atoms with Crippen LogP contribution in [0.1, 0.15) is 12.5 Å². The van der Waals surface area contributed by atoms with Gasteiger partial charge in [-0.05, 0) is 23.6 Å². The number of hydrogen-bond donors (Lipinski definition) is 1. The predicted octanol–water partition coefficient (Wildman–Crippen LogP) is 1.91. The Balaban J connectivity index is 2.48. The standard InChI is InChI=1S/C9H9BrO/c10-9-3-1-2-6-4-7(11)5-8(6)9/h1-3,7,11H,4-5H2/i7D. The molecule has 0 spiro atoms. The summed E-state index contributed by atoms with van der Waals surface area (Å²) in [6, 6.07) is 5.84. The van der Waals surface area contributed by atoms with Crippen molar-refractivity contribution in [3.05, 3.63) is 33.8 Å². The van der Waals surface area contributed by atoms with Gasteiger partial charge in [0.25, 0.3) is 0 Å². The molecule has 0 fully saturated rings. The van der Waals surface area contributed by atoms with Gasteiger partial charge in [-0.25, -0.2) is 0 Å². The lowest BCUT2D eigenvalue weighted by atomic mass is 10.1. The third-order valence-electron chi connectivity index (χ3n) is 1.99. The Hall–Kier alpha value is -0.340. The number of aliphatic hydroxyl groups is 1. The molecule has 0 bridgehead atoms. The quantitative estimate of drug-likeness (QED) is 0.699. The molecule has 2 heteroatoms. The van der Waals surface area contributed by atoms with Gasteiger partial charge in [-0.1, -0.05) is 28.1 Å². The summed E-state index contributed by atoms with van der Waals surface area (Å²) >= 11 is 3.40. The molecule has 0 aliphatic heterocycles. The summed E-state index contributed by atoms with van der Waals surface area (Å²) in [5, 5.41) is 9.49. The topological polar surface area (TPSA) is 20.2 Å². The molecule has 1 unspecified atom stereocenters. The van der Waals surface area contributed by atoms with Gasteiger partial charge in [0.15, 0.2) is 0 Å². The Morgan fingerprint density at radius 1 is 1.55 bits per heavy atom. The average molecular weight is 214 g/mol. The summed E-state index contributed by atoms with van der Waals surface area (Å²) in [4.78, 5) is 0. The Morgan fingerprint density at radius 3 is 3.09 bits per heavy atom. The van der Waals surface area contributed by atoms with Gasteiger partial charge in [0.05, 0.1) is 7.45 Å². The van der Waals surface area contributed by atoms with Crippen molar-refractivity contribution in [1.82, 2.24) is 0 Å². The first-order valence-electron chi connectivity index (χ1n) is 4.07. The van der Waals surface area contributed by atoms with Gasteiger partial charge >= 0.3 is 0 Å². The zero-order chi connectivity index (χ0) is 8.77. The lowest BCUT2D eigenvalue weighted by Gasteiger charge is -1.98. The molecular formula is C9H9BrO. The van der Waals surface area contributed by atoms with E-state index in [0.717, 1.165) is 15.6 Å². The van der Waals surface area contributed by atoms with Crippen molar-refractivity contribution < 1.29 is 6.48 Å². The van der Waals surface area contributed by atoms with E-state index in [2.05, 4.69) is 15.9 Å². The summed E-state index contributed by atoms with van der Waals surface area (Å²) in [7, 11) is 0. The minimum absolute atomic E-state index is 0.434. The van der Waals surface area contributed by atoms with Crippen molar-refractivity contribution in [2.75, 3.05) is 0 Å². The summed E-state index contributed by atoms with van der Waals surface area (Å²) < 4.78 is 8.51. The maximum atomic E-state index is 9.49. The Bertz CT molecular complexity index is 322. The van der Waals surface area contributed by atoms with Crippen molar-refractivity contribution in [3.63, 3.8) is 0 Å². The van der Waals surface area contributed by atoms with E-state index >= 15 is 0 Å². The molecular weight excluding hydrogens is 204 g/mol. The van der Waals surface area contributed by atoms with Crippen LogP contribution in [0.2, 0.25) is 0 Å². The number of rotatable bonds is 0. The molecule has 0 aromatic heterocycles. The van der Waals surface area contributed by atoms with Gasteiger partial charge in [-0.15, -0.1) is 0 Å². The van der Waals surface area contributed by atoms with Gasteiger partial charge in [0, 0.05) is 10.9 Å². The van der Waals surface area contributed by atoms with Crippen LogP contribution in [0, 0.1) is 0 Å². The maximum Gasteiger partial charge on any atom is 0.0621 e. The summed E-state index contributed by atoms with van der Waals surface area (Å²) in [6.45, 7) is 0. The second kappa shape index (κ2) is 2.61. The van der Waals surface area contributed by atoms with Gasteiger partial charge in [0.1, 0.15) is 0 Å². The van der Waals surface area contributed by atoms with Gasteiger partial charge in [-0.2, -0.15) is 0 Å². The van der Waals surface area contributed by atoms with Crippen molar-refractivity contribution >= 4 is 15.9 Å². The summed E-state index contributed by atoms with van der Waals surface area (Å²) in [5.41, 5.74) is 2.16. The van der Waals surface area contributed by atoms with Crippen LogP contribution in [0.3, 0.4) is 0 Å². The zero-order valence-corrected chi connectivity index (χ0v) is 7.56. The highest BCUT2D eigenvalue weighted by Crippen LogP contribution is 2.28. The predicted molar refractivity (Wildman–Crippen MR) is 47.6 cm³/mol. The van der Waals surface area contributed by atoms with Crippen molar-refractivity contribution in [3.8, 4) is 0 Å². The molecule has 1 aliphatic carbocycles. The molecule has 0 saturated heterocycles. The fourth-order valence-electron chi connectivity index (χ4n) is 1.45. The van der Waals surface area contributed by atoms with E-state index < -0.39 is 6.08 Å². The molecule has 58 valence electrons. The molecule has 2 rings (SSSR count). The number of benzene rings is 1. The van der Waals surface area contributed by atoms with E-state index in [4.69, 9.17) is 1.37 Å². The van der Waals surface area contributed by atoms with Gasteiger partial charge in [0.2, 0.25) is 0 Å². The van der Waals surface area contributed by atoms with E-state index in [0.29, 0.717) is 12.8 Å². The van der Waals surface area contributed by atoms with Crippen molar-refractivity contribution in [1.29, 1.82) is 0 Å². The number of hydrogen-bond acceptors (Lipinski definition) is 1. The first-order valence-corrected chi connectivity index (χ1v) is 4.36. The van der Waals surface area contributed by atoms with Crippen LogP contribution in [0.5, 0.6) is 0 Å². The molecule has 11 heavy (non-hydrogen) atoms. The van der Waals surface area contributed by atoms with Crippen molar-refractivity contribution in [2.24, 2.45) is 0 Å². The largest absolute Gasteiger partial charge is 0.392 e. The zero-order valence-electron chi connectivity index (χ0n) is 6.97. The highest BCUT2D eigenvalue weighted by molar-refractivity contribution is 9.10. The van der Waals surface area contributed by atoms with Crippen LogP contribution < -0.4 is 0 Å². The van der Waals surface area contributed by atoms with Gasteiger partial charge < -0.3 is 5.11 Å². The van der Waals surface area contributed by atoms with Gasteiger partial charge in [-0.3, -0.25) is 0 Å². The lowest BCUT2D eigenvalue weighted by Crippen LogP contribution is -2.03. The molecule has 1 nitrogen and oxygen atoms in total. The van der Waals surface area contributed by atoms with Crippen LogP contribution >= 0.6 is 15.9 Å². The number of halogens is 1. The fraction of sp³-hybridized carbons (Fsp3) is 0.333. The SMILES string of the molecule is [2H]C1(O)Cc2cccc(Br)c2C1. The Morgan fingerprint density at radius 2 is 2.36 bits per heavy atom. The highest BCUT2D eigenvalue weighted by Gasteiger charge is 2.20.